The molecule has 0 amide bonds. The molecule has 15 heavy (non-hydrogen) atoms. The Kier molecular flexibility index (Phi) is 2.45. The van der Waals surface area contributed by atoms with E-state index in [-0.39, 0.29) is 0 Å². The number of halogens is 1. The van der Waals surface area contributed by atoms with Crippen LogP contribution >= 0.6 is 11.6 Å². The van der Waals surface area contributed by atoms with Gasteiger partial charge in [-0.05, 0) is 37.6 Å². The molecule has 0 spiro atoms. The number of aromatic nitrogens is 1. The number of nitrogens with zero attached hydrogens (tertiary/aromatic N) is 1. The van der Waals surface area contributed by atoms with E-state index in [2.05, 4.69) is 4.98 Å². The first-order valence-electron chi connectivity index (χ1n) is 4.64. The van der Waals surface area contributed by atoms with Gasteiger partial charge < -0.3 is 0 Å². The van der Waals surface area contributed by atoms with Crippen molar-refractivity contribution in [2.45, 2.75) is 13.8 Å². The van der Waals surface area contributed by atoms with Crippen LogP contribution in [0.4, 0.5) is 0 Å². The molecule has 0 aliphatic heterocycles. The van der Waals surface area contributed by atoms with Crippen LogP contribution in [0.1, 0.15) is 21.6 Å². The van der Waals surface area contributed by atoms with Gasteiger partial charge in [0.15, 0.2) is 0 Å². The molecule has 3 heteroatoms. The van der Waals surface area contributed by atoms with E-state index >= 15 is 0 Å². The van der Waals surface area contributed by atoms with Gasteiger partial charge in [-0.3, -0.25) is 9.78 Å². The van der Waals surface area contributed by atoms with Crippen LogP contribution < -0.4 is 0 Å². The summed E-state index contributed by atoms with van der Waals surface area (Å²) in [7, 11) is 0. The van der Waals surface area contributed by atoms with E-state index in [1.54, 1.807) is 12.1 Å². The number of benzene rings is 1. The van der Waals surface area contributed by atoms with Gasteiger partial charge in [-0.1, -0.05) is 11.6 Å². The fraction of sp³-hybridized carbons (Fsp3) is 0.167. The van der Waals surface area contributed by atoms with Gasteiger partial charge >= 0.3 is 0 Å². The van der Waals surface area contributed by atoms with Crippen LogP contribution in [0.5, 0.6) is 0 Å². The Labute approximate surface area is 92.9 Å². The maximum atomic E-state index is 10.7. The molecule has 0 saturated heterocycles. The lowest BCUT2D eigenvalue weighted by Crippen LogP contribution is -1.91. The minimum absolute atomic E-state index is 0.632. The molecule has 0 N–H and O–H groups in total. The summed E-state index contributed by atoms with van der Waals surface area (Å²) in [6, 6.07) is 5.39. The van der Waals surface area contributed by atoms with Crippen LogP contribution in [0.2, 0.25) is 5.02 Å². The van der Waals surface area contributed by atoms with Crippen LogP contribution in [0.3, 0.4) is 0 Å². The number of rotatable bonds is 1. The molecular formula is C12H10ClNO. The molecule has 0 aliphatic rings. The van der Waals surface area contributed by atoms with E-state index in [0.717, 1.165) is 28.4 Å². The maximum Gasteiger partial charge on any atom is 0.150 e. The average molecular weight is 220 g/mol. The van der Waals surface area contributed by atoms with Crippen molar-refractivity contribution < 1.29 is 4.79 Å². The minimum Gasteiger partial charge on any atom is -0.298 e. The summed E-state index contributed by atoms with van der Waals surface area (Å²) >= 11 is 6.11. The number of carbonyl (C=O) groups excluding carboxylic acids is 1. The summed E-state index contributed by atoms with van der Waals surface area (Å²) in [5, 5.41) is 1.48. The van der Waals surface area contributed by atoms with Crippen molar-refractivity contribution in [2.75, 3.05) is 0 Å². The van der Waals surface area contributed by atoms with Crippen molar-refractivity contribution in [3.05, 3.63) is 40.0 Å². The largest absolute Gasteiger partial charge is 0.298 e. The Morgan fingerprint density at radius 1 is 1.27 bits per heavy atom. The molecule has 0 atom stereocenters. The molecule has 2 aromatic rings. The van der Waals surface area contributed by atoms with Gasteiger partial charge in [0.25, 0.3) is 0 Å². The first-order chi connectivity index (χ1) is 7.11. The third-order valence-corrected chi connectivity index (χ3v) is 2.65. The van der Waals surface area contributed by atoms with Crippen molar-refractivity contribution in [1.82, 2.24) is 4.98 Å². The molecule has 0 saturated carbocycles. The lowest BCUT2D eigenvalue weighted by molar-refractivity contribution is 0.112. The van der Waals surface area contributed by atoms with Gasteiger partial charge in [-0.2, -0.15) is 0 Å². The molecule has 1 heterocycles. The van der Waals surface area contributed by atoms with Crippen molar-refractivity contribution in [2.24, 2.45) is 0 Å². The van der Waals surface area contributed by atoms with E-state index < -0.39 is 0 Å². The summed E-state index contributed by atoms with van der Waals surface area (Å²) in [5.41, 5.74) is 3.35. The molecule has 0 fully saturated rings. The van der Waals surface area contributed by atoms with Crippen molar-refractivity contribution in [3.8, 4) is 0 Å². The first-order valence-corrected chi connectivity index (χ1v) is 5.02. The Bertz CT molecular complexity index is 549. The third-order valence-electron chi connectivity index (χ3n) is 2.34. The van der Waals surface area contributed by atoms with Crippen LogP contribution in [0.25, 0.3) is 10.9 Å². The zero-order chi connectivity index (χ0) is 11.0. The molecule has 2 rings (SSSR count). The average Bonchev–Trinajstić information content (AvgIpc) is 2.19. The second kappa shape index (κ2) is 3.63. The highest BCUT2D eigenvalue weighted by Crippen LogP contribution is 2.26. The summed E-state index contributed by atoms with van der Waals surface area (Å²) in [6.45, 7) is 3.83. The number of pyridine rings is 1. The number of hydrogen-bond donors (Lipinski definition) is 0. The highest BCUT2D eigenvalue weighted by Gasteiger charge is 2.06. The van der Waals surface area contributed by atoms with Crippen LogP contribution in [-0.2, 0) is 0 Å². The summed E-state index contributed by atoms with van der Waals surface area (Å²) in [5.74, 6) is 0. The fourth-order valence-corrected chi connectivity index (χ4v) is 1.98. The number of fused-ring (bicyclic) bond motifs is 1. The van der Waals surface area contributed by atoms with Gasteiger partial charge in [0.05, 0.1) is 10.5 Å². The smallest absolute Gasteiger partial charge is 0.150 e. The molecular weight excluding hydrogens is 210 g/mol. The molecule has 0 bridgehead atoms. The van der Waals surface area contributed by atoms with Gasteiger partial charge in [-0.25, -0.2) is 0 Å². The van der Waals surface area contributed by atoms with Crippen molar-refractivity contribution in [1.29, 1.82) is 0 Å². The quantitative estimate of drug-likeness (QED) is 0.689. The Balaban J connectivity index is 2.91. The highest BCUT2D eigenvalue weighted by molar-refractivity contribution is 6.35. The van der Waals surface area contributed by atoms with Crippen molar-refractivity contribution >= 4 is 28.8 Å². The molecule has 1 aromatic carbocycles. The zero-order valence-electron chi connectivity index (χ0n) is 8.54. The standard InChI is InChI=1S/C12H10ClNO/c1-7-3-9(6-15)5-10-11(13)4-8(2)14-12(7)10/h3-6H,1-2H3. The second-order valence-electron chi connectivity index (χ2n) is 3.60. The molecule has 0 unspecified atom stereocenters. The lowest BCUT2D eigenvalue weighted by atomic mass is 10.1. The van der Waals surface area contributed by atoms with Crippen molar-refractivity contribution in [3.63, 3.8) is 0 Å². The molecule has 76 valence electrons. The normalized spacial score (nSPS) is 10.6. The minimum atomic E-state index is 0.632. The number of carbonyl (C=O) groups is 1. The van der Waals surface area contributed by atoms with Gasteiger partial charge in [-0.15, -0.1) is 0 Å². The monoisotopic (exact) mass is 219 g/mol. The SMILES string of the molecule is Cc1cc(Cl)c2cc(C=O)cc(C)c2n1. The van der Waals surface area contributed by atoms with Gasteiger partial charge in [0.1, 0.15) is 6.29 Å². The Hall–Kier alpha value is -1.41. The lowest BCUT2D eigenvalue weighted by Gasteiger charge is -2.05. The second-order valence-corrected chi connectivity index (χ2v) is 4.00. The number of aryl methyl sites for hydroxylation is 2. The van der Waals surface area contributed by atoms with Crippen LogP contribution in [-0.4, -0.2) is 11.3 Å². The van der Waals surface area contributed by atoms with E-state index in [1.165, 1.54) is 0 Å². The molecule has 1 aromatic heterocycles. The van der Waals surface area contributed by atoms with Gasteiger partial charge in [0, 0.05) is 16.6 Å². The molecule has 0 radical (unpaired) electrons. The Morgan fingerprint density at radius 2 is 2.00 bits per heavy atom. The zero-order valence-corrected chi connectivity index (χ0v) is 9.30. The number of aldehydes is 1. The van der Waals surface area contributed by atoms with Crippen LogP contribution in [0, 0.1) is 13.8 Å². The predicted molar refractivity (Wildman–Crippen MR) is 61.6 cm³/mol. The summed E-state index contributed by atoms with van der Waals surface area (Å²) in [4.78, 5) is 15.1. The van der Waals surface area contributed by atoms with E-state index in [1.807, 2.05) is 19.9 Å². The topological polar surface area (TPSA) is 30.0 Å². The van der Waals surface area contributed by atoms with E-state index in [0.29, 0.717) is 10.6 Å². The van der Waals surface area contributed by atoms with E-state index in [4.69, 9.17) is 11.6 Å². The molecule has 2 nitrogen and oxygen atoms in total. The van der Waals surface area contributed by atoms with E-state index in [9.17, 15) is 4.79 Å². The number of hydrogen-bond acceptors (Lipinski definition) is 2. The van der Waals surface area contributed by atoms with Gasteiger partial charge in [0.2, 0.25) is 0 Å². The molecule has 0 aliphatic carbocycles. The summed E-state index contributed by atoms with van der Waals surface area (Å²) < 4.78 is 0. The van der Waals surface area contributed by atoms with Crippen LogP contribution in [0.15, 0.2) is 18.2 Å². The third kappa shape index (κ3) is 1.73. The Morgan fingerprint density at radius 3 is 2.67 bits per heavy atom. The predicted octanol–water partition coefficient (Wildman–Crippen LogP) is 3.32. The first kappa shape index (κ1) is 10.1. The summed E-state index contributed by atoms with van der Waals surface area (Å²) in [6.07, 6.45) is 0.822. The fourth-order valence-electron chi connectivity index (χ4n) is 1.68. The highest BCUT2D eigenvalue weighted by atomic mass is 35.5. The maximum absolute atomic E-state index is 10.7.